The number of rotatable bonds is 3. The molecule has 1 aromatic carbocycles. The van der Waals surface area contributed by atoms with Gasteiger partial charge < -0.3 is 5.11 Å². The molecule has 23 heavy (non-hydrogen) atoms. The standard InChI is InChI=1S/C19H24N2OS/c22-11-10-20-6-8-21(9-7-20)18-13-15-3-1-2-4-16(15)14-19-17(18)5-12-23-19/h1-5,12,18,22H,6-11,13-14H2. The van der Waals surface area contributed by atoms with Crippen molar-refractivity contribution in [1.82, 2.24) is 9.80 Å². The van der Waals surface area contributed by atoms with E-state index in [9.17, 15) is 0 Å². The summed E-state index contributed by atoms with van der Waals surface area (Å²) in [5.74, 6) is 0. The molecule has 1 aliphatic carbocycles. The molecule has 0 bridgehead atoms. The number of benzene rings is 1. The average Bonchev–Trinajstić information content (AvgIpc) is 2.97. The van der Waals surface area contributed by atoms with Crippen molar-refractivity contribution < 1.29 is 5.11 Å². The Morgan fingerprint density at radius 3 is 2.61 bits per heavy atom. The topological polar surface area (TPSA) is 26.7 Å². The molecule has 1 aromatic heterocycles. The van der Waals surface area contributed by atoms with Crippen LogP contribution >= 0.6 is 11.3 Å². The molecule has 2 heterocycles. The fourth-order valence-electron chi connectivity index (χ4n) is 3.98. The van der Waals surface area contributed by atoms with Gasteiger partial charge in [0.15, 0.2) is 0 Å². The number of piperazine rings is 1. The molecule has 0 amide bonds. The Bertz CT molecular complexity index is 661. The van der Waals surface area contributed by atoms with E-state index in [1.807, 2.05) is 11.3 Å². The molecule has 4 rings (SSSR count). The first-order valence-electron chi connectivity index (χ1n) is 8.55. The highest BCUT2D eigenvalue weighted by Crippen LogP contribution is 2.37. The molecule has 1 N–H and O–H groups in total. The smallest absolute Gasteiger partial charge is 0.0558 e. The summed E-state index contributed by atoms with van der Waals surface area (Å²) < 4.78 is 0. The number of β-amino-alcohol motifs (C(OH)–C–C–N with tert-alkyl or cyclic N) is 1. The normalized spacial score (nSPS) is 22.4. The third-order valence-corrected chi connectivity index (χ3v) is 6.22. The SMILES string of the molecule is OCCN1CCN(C2Cc3ccccc3Cc3sccc32)CC1. The maximum Gasteiger partial charge on any atom is 0.0558 e. The lowest BCUT2D eigenvalue weighted by molar-refractivity contribution is 0.0833. The molecule has 3 nitrogen and oxygen atoms in total. The number of aliphatic hydroxyl groups is 1. The summed E-state index contributed by atoms with van der Waals surface area (Å²) in [6.07, 6.45) is 2.21. The van der Waals surface area contributed by atoms with E-state index in [4.69, 9.17) is 5.11 Å². The van der Waals surface area contributed by atoms with Crippen molar-refractivity contribution in [1.29, 1.82) is 0 Å². The van der Waals surface area contributed by atoms with E-state index in [-0.39, 0.29) is 6.61 Å². The fourth-order valence-corrected chi connectivity index (χ4v) is 4.94. The van der Waals surface area contributed by atoms with Crippen LogP contribution in [0.25, 0.3) is 0 Å². The van der Waals surface area contributed by atoms with Gasteiger partial charge in [-0.25, -0.2) is 0 Å². The molecule has 2 aromatic rings. The van der Waals surface area contributed by atoms with Crippen LogP contribution in [0.4, 0.5) is 0 Å². The molecule has 2 aliphatic rings. The summed E-state index contributed by atoms with van der Waals surface area (Å²) in [5.41, 5.74) is 4.55. The summed E-state index contributed by atoms with van der Waals surface area (Å²) in [6, 6.07) is 11.8. The van der Waals surface area contributed by atoms with Gasteiger partial charge >= 0.3 is 0 Å². The summed E-state index contributed by atoms with van der Waals surface area (Å²) in [6.45, 7) is 5.41. The van der Waals surface area contributed by atoms with Crippen LogP contribution in [0.1, 0.15) is 27.6 Å². The molecule has 122 valence electrons. The van der Waals surface area contributed by atoms with Gasteiger partial charge in [-0.3, -0.25) is 9.80 Å². The van der Waals surface area contributed by atoms with Crippen LogP contribution < -0.4 is 0 Å². The second kappa shape index (κ2) is 6.73. The molecule has 1 saturated heterocycles. The molecule has 1 fully saturated rings. The lowest BCUT2D eigenvalue weighted by atomic mass is 9.98. The Morgan fingerprint density at radius 1 is 1.04 bits per heavy atom. The van der Waals surface area contributed by atoms with E-state index in [1.165, 1.54) is 16.0 Å². The van der Waals surface area contributed by atoms with Gasteiger partial charge in [0.1, 0.15) is 0 Å². The van der Waals surface area contributed by atoms with Crippen LogP contribution in [-0.4, -0.2) is 54.2 Å². The molecule has 0 saturated carbocycles. The van der Waals surface area contributed by atoms with Crippen LogP contribution in [0.15, 0.2) is 35.7 Å². The van der Waals surface area contributed by atoms with Crippen LogP contribution in [0.3, 0.4) is 0 Å². The largest absolute Gasteiger partial charge is 0.395 e. The lowest BCUT2D eigenvalue weighted by Crippen LogP contribution is -2.48. The van der Waals surface area contributed by atoms with Crippen molar-refractivity contribution in [2.75, 3.05) is 39.3 Å². The number of fused-ring (bicyclic) bond motifs is 2. The van der Waals surface area contributed by atoms with E-state index in [1.54, 1.807) is 5.56 Å². The van der Waals surface area contributed by atoms with Gasteiger partial charge in [-0.15, -0.1) is 11.3 Å². The van der Waals surface area contributed by atoms with Gasteiger partial charge in [-0.05, 0) is 34.6 Å². The van der Waals surface area contributed by atoms with Crippen molar-refractivity contribution in [3.05, 3.63) is 57.3 Å². The monoisotopic (exact) mass is 328 g/mol. The van der Waals surface area contributed by atoms with E-state index in [0.29, 0.717) is 6.04 Å². The summed E-state index contributed by atoms with van der Waals surface area (Å²) in [5, 5.41) is 11.4. The van der Waals surface area contributed by atoms with Gasteiger partial charge in [-0.2, -0.15) is 0 Å². The predicted octanol–water partition coefficient (Wildman–Crippen LogP) is 2.55. The zero-order valence-corrected chi connectivity index (χ0v) is 14.3. The number of thiophene rings is 1. The molecular weight excluding hydrogens is 304 g/mol. The first kappa shape index (κ1) is 15.3. The minimum absolute atomic E-state index is 0.269. The summed E-state index contributed by atoms with van der Waals surface area (Å²) in [7, 11) is 0. The maximum atomic E-state index is 9.13. The highest BCUT2D eigenvalue weighted by Gasteiger charge is 2.29. The Balaban J connectivity index is 1.59. The van der Waals surface area contributed by atoms with Crippen molar-refractivity contribution in [3.8, 4) is 0 Å². The van der Waals surface area contributed by atoms with E-state index in [2.05, 4.69) is 45.5 Å². The summed E-state index contributed by atoms with van der Waals surface area (Å²) in [4.78, 5) is 6.56. The first-order valence-corrected chi connectivity index (χ1v) is 9.43. The van der Waals surface area contributed by atoms with Crippen LogP contribution in [-0.2, 0) is 12.8 Å². The summed E-state index contributed by atoms with van der Waals surface area (Å²) >= 11 is 1.91. The number of nitrogens with zero attached hydrogens (tertiary/aromatic N) is 2. The van der Waals surface area contributed by atoms with Gasteiger partial charge in [0.2, 0.25) is 0 Å². The first-order chi connectivity index (χ1) is 11.3. The maximum absolute atomic E-state index is 9.13. The van der Waals surface area contributed by atoms with Crippen LogP contribution in [0, 0.1) is 0 Å². The molecule has 1 atom stereocenters. The molecule has 0 spiro atoms. The number of hydrogen-bond donors (Lipinski definition) is 1. The third-order valence-electron chi connectivity index (χ3n) is 5.29. The zero-order valence-electron chi connectivity index (χ0n) is 13.4. The van der Waals surface area contributed by atoms with Crippen molar-refractivity contribution in [2.24, 2.45) is 0 Å². The van der Waals surface area contributed by atoms with Gasteiger partial charge in [0, 0.05) is 50.1 Å². The minimum Gasteiger partial charge on any atom is -0.395 e. The Kier molecular flexibility index (Phi) is 4.49. The Labute approximate surface area is 142 Å². The molecule has 4 heteroatoms. The highest BCUT2D eigenvalue weighted by atomic mass is 32.1. The second-order valence-corrected chi connectivity index (χ2v) is 7.57. The average molecular weight is 328 g/mol. The van der Waals surface area contributed by atoms with Crippen molar-refractivity contribution in [2.45, 2.75) is 18.9 Å². The van der Waals surface area contributed by atoms with E-state index in [0.717, 1.165) is 45.6 Å². The van der Waals surface area contributed by atoms with Crippen molar-refractivity contribution >= 4 is 11.3 Å². The molecule has 1 aliphatic heterocycles. The van der Waals surface area contributed by atoms with E-state index >= 15 is 0 Å². The molecule has 1 unspecified atom stereocenters. The second-order valence-electron chi connectivity index (χ2n) is 6.57. The predicted molar refractivity (Wildman–Crippen MR) is 95.1 cm³/mol. The fraction of sp³-hybridized carbons (Fsp3) is 0.474. The van der Waals surface area contributed by atoms with E-state index < -0.39 is 0 Å². The quantitative estimate of drug-likeness (QED) is 0.938. The van der Waals surface area contributed by atoms with Crippen molar-refractivity contribution in [3.63, 3.8) is 0 Å². The van der Waals surface area contributed by atoms with Crippen LogP contribution in [0.5, 0.6) is 0 Å². The van der Waals surface area contributed by atoms with Gasteiger partial charge in [0.05, 0.1) is 6.61 Å². The third kappa shape index (κ3) is 3.09. The molecule has 0 radical (unpaired) electrons. The zero-order chi connectivity index (χ0) is 15.6. The number of aliphatic hydroxyl groups excluding tert-OH is 1. The highest BCUT2D eigenvalue weighted by molar-refractivity contribution is 7.10. The molecular formula is C19H24N2OS. The Hall–Kier alpha value is -1.20. The lowest BCUT2D eigenvalue weighted by Gasteiger charge is -2.39. The number of hydrogen-bond acceptors (Lipinski definition) is 4. The minimum atomic E-state index is 0.269. The van der Waals surface area contributed by atoms with Gasteiger partial charge in [-0.1, -0.05) is 24.3 Å². The van der Waals surface area contributed by atoms with Gasteiger partial charge in [0.25, 0.3) is 0 Å². The Morgan fingerprint density at radius 2 is 1.83 bits per heavy atom. The van der Waals surface area contributed by atoms with Crippen LogP contribution in [0.2, 0.25) is 0 Å².